The maximum Gasteiger partial charge on any atom is 0.251 e. The quantitative estimate of drug-likeness (QED) is 0.839. The molecule has 0 radical (unpaired) electrons. The minimum Gasteiger partial charge on any atom is -0.497 e. The predicted octanol–water partition coefficient (Wildman–Crippen LogP) is 0.911. The molecule has 128 valence electrons. The van der Waals surface area contributed by atoms with Crippen LogP contribution in [-0.4, -0.2) is 49.0 Å². The Labute approximate surface area is 139 Å². The molecule has 1 amide bonds. The van der Waals surface area contributed by atoms with Crippen LogP contribution < -0.4 is 15.4 Å². The molecule has 0 saturated carbocycles. The molecule has 24 heavy (non-hydrogen) atoms. The second-order valence-electron chi connectivity index (χ2n) is 5.48. The summed E-state index contributed by atoms with van der Waals surface area (Å²) >= 11 is 0. The molecular formula is C16H20N4O4. The van der Waals surface area contributed by atoms with Crippen molar-refractivity contribution in [2.24, 2.45) is 0 Å². The zero-order valence-corrected chi connectivity index (χ0v) is 13.6. The van der Waals surface area contributed by atoms with Crippen molar-refractivity contribution < 1.29 is 18.8 Å². The predicted molar refractivity (Wildman–Crippen MR) is 85.5 cm³/mol. The highest BCUT2D eigenvalue weighted by Gasteiger charge is 2.25. The summed E-state index contributed by atoms with van der Waals surface area (Å²) in [6.45, 7) is 3.56. The molecule has 0 bridgehead atoms. The first-order valence-electron chi connectivity index (χ1n) is 7.78. The number of benzene rings is 1. The molecule has 2 atom stereocenters. The van der Waals surface area contributed by atoms with Crippen molar-refractivity contribution in [2.45, 2.75) is 19.1 Å². The maximum absolute atomic E-state index is 12.2. The van der Waals surface area contributed by atoms with Crippen LogP contribution in [0.1, 0.15) is 18.9 Å². The largest absolute Gasteiger partial charge is 0.497 e. The summed E-state index contributed by atoms with van der Waals surface area (Å²) in [5.74, 6) is 1.29. The standard InChI is InChI=1S/C16H20N4O4/c1-10(18-15(21)13-9-17-6-7-23-13)16-19-14(20-24-16)11-4-3-5-12(8-11)22-2/h3-5,8,10,13,17H,6-7,9H2,1-2H3,(H,18,21). The monoisotopic (exact) mass is 332 g/mol. The summed E-state index contributed by atoms with van der Waals surface area (Å²) in [6.07, 6.45) is -0.498. The van der Waals surface area contributed by atoms with E-state index in [2.05, 4.69) is 20.8 Å². The number of morpholine rings is 1. The second kappa shape index (κ2) is 7.41. The van der Waals surface area contributed by atoms with Gasteiger partial charge in [-0.25, -0.2) is 0 Å². The Morgan fingerprint density at radius 3 is 3.12 bits per heavy atom. The van der Waals surface area contributed by atoms with Crippen LogP contribution in [0.3, 0.4) is 0 Å². The first kappa shape index (κ1) is 16.4. The third-order valence-electron chi connectivity index (χ3n) is 3.72. The fraction of sp³-hybridized carbons (Fsp3) is 0.438. The van der Waals surface area contributed by atoms with Crippen LogP contribution in [-0.2, 0) is 9.53 Å². The molecule has 8 heteroatoms. The number of hydrogen-bond donors (Lipinski definition) is 2. The highest BCUT2D eigenvalue weighted by atomic mass is 16.5. The molecule has 0 aliphatic carbocycles. The van der Waals surface area contributed by atoms with E-state index < -0.39 is 12.1 Å². The fourth-order valence-electron chi connectivity index (χ4n) is 2.39. The molecule has 2 N–H and O–H groups in total. The zero-order valence-electron chi connectivity index (χ0n) is 13.6. The van der Waals surface area contributed by atoms with Crippen molar-refractivity contribution in [1.29, 1.82) is 0 Å². The Balaban J connectivity index is 1.66. The van der Waals surface area contributed by atoms with Gasteiger partial charge >= 0.3 is 0 Å². The summed E-state index contributed by atoms with van der Waals surface area (Å²) in [6, 6.07) is 6.96. The lowest BCUT2D eigenvalue weighted by molar-refractivity contribution is -0.135. The van der Waals surface area contributed by atoms with Crippen LogP contribution >= 0.6 is 0 Å². The van der Waals surface area contributed by atoms with Crippen molar-refractivity contribution in [2.75, 3.05) is 26.8 Å². The number of nitrogens with one attached hydrogen (secondary N) is 2. The molecule has 1 fully saturated rings. The average molecular weight is 332 g/mol. The molecule has 1 aromatic carbocycles. The van der Waals surface area contributed by atoms with E-state index in [1.807, 2.05) is 24.3 Å². The van der Waals surface area contributed by atoms with Crippen LogP contribution in [0.5, 0.6) is 5.75 Å². The molecule has 8 nitrogen and oxygen atoms in total. The normalized spacial score (nSPS) is 18.8. The van der Waals surface area contributed by atoms with E-state index in [0.717, 1.165) is 12.1 Å². The average Bonchev–Trinajstić information content (AvgIpc) is 3.13. The summed E-state index contributed by atoms with van der Waals surface area (Å²) < 4.78 is 15.9. The Bertz CT molecular complexity index is 697. The molecule has 1 aliphatic rings. The number of aromatic nitrogens is 2. The number of ether oxygens (including phenoxy) is 2. The van der Waals surface area contributed by atoms with E-state index in [1.165, 1.54) is 0 Å². The number of carbonyl (C=O) groups excluding carboxylic acids is 1. The highest BCUT2D eigenvalue weighted by molar-refractivity contribution is 5.81. The van der Waals surface area contributed by atoms with Crippen LogP contribution in [0.25, 0.3) is 11.4 Å². The van der Waals surface area contributed by atoms with Gasteiger partial charge in [0.15, 0.2) is 0 Å². The van der Waals surface area contributed by atoms with Gasteiger partial charge in [-0.3, -0.25) is 4.79 Å². The van der Waals surface area contributed by atoms with Gasteiger partial charge in [-0.05, 0) is 19.1 Å². The summed E-state index contributed by atoms with van der Waals surface area (Å²) in [5.41, 5.74) is 0.780. The number of carbonyl (C=O) groups is 1. The molecular weight excluding hydrogens is 312 g/mol. The minimum absolute atomic E-state index is 0.198. The second-order valence-corrected chi connectivity index (χ2v) is 5.48. The number of amides is 1. The maximum atomic E-state index is 12.2. The number of hydrogen-bond acceptors (Lipinski definition) is 7. The van der Waals surface area contributed by atoms with E-state index in [0.29, 0.717) is 30.6 Å². The van der Waals surface area contributed by atoms with E-state index in [1.54, 1.807) is 14.0 Å². The number of nitrogens with zero attached hydrogens (tertiary/aromatic N) is 2. The lowest BCUT2D eigenvalue weighted by atomic mass is 10.2. The van der Waals surface area contributed by atoms with Crippen molar-refractivity contribution in [3.8, 4) is 17.1 Å². The molecule has 2 aromatic rings. The number of rotatable bonds is 5. The van der Waals surface area contributed by atoms with Crippen LogP contribution in [0.15, 0.2) is 28.8 Å². The molecule has 2 heterocycles. The highest BCUT2D eigenvalue weighted by Crippen LogP contribution is 2.22. The first-order chi connectivity index (χ1) is 11.7. The van der Waals surface area contributed by atoms with Gasteiger partial charge < -0.3 is 24.6 Å². The Kier molecular flexibility index (Phi) is 5.07. The van der Waals surface area contributed by atoms with Gasteiger partial charge in [0.1, 0.15) is 17.9 Å². The first-order valence-corrected chi connectivity index (χ1v) is 7.78. The molecule has 1 aromatic heterocycles. The summed E-state index contributed by atoms with van der Waals surface area (Å²) in [4.78, 5) is 16.5. The Hall–Kier alpha value is -2.45. The van der Waals surface area contributed by atoms with Gasteiger partial charge in [0, 0.05) is 18.7 Å². The van der Waals surface area contributed by atoms with Crippen molar-refractivity contribution >= 4 is 5.91 Å². The van der Waals surface area contributed by atoms with Gasteiger partial charge in [-0.15, -0.1) is 0 Å². The van der Waals surface area contributed by atoms with E-state index in [4.69, 9.17) is 14.0 Å². The molecule has 0 spiro atoms. The number of methoxy groups -OCH3 is 1. The van der Waals surface area contributed by atoms with Gasteiger partial charge in [0.2, 0.25) is 11.7 Å². The lowest BCUT2D eigenvalue weighted by Gasteiger charge is -2.23. The van der Waals surface area contributed by atoms with Crippen molar-refractivity contribution in [1.82, 2.24) is 20.8 Å². The van der Waals surface area contributed by atoms with Crippen LogP contribution in [0, 0.1) is 0 Å². The lowest BCUT2D eigenvalue weighted by Crippen LogP contribution is -2.48. The van der Waals surface area contributed by atoms with Crippen LogP contribution in [0.4, 0.5) is 0 Å². The SMILES string of the molecule is COc1cccc(-c2noc(C(C)NC(=O)C3CNCCO3)n2)c1. The smallest absolute Gasteiger partial charge is 0.251 e. The molecule has 2 unspecified atom stereocenters. The van der Waals surface area contributed by atoms with E-state index in [9.17, 15) is 4.79 Å². The topological polar surface area (TPSA) is 98.5 Å². The fourth-order valence-corrected chi connectivity index (χ4v) is 2.39. The van der Waals surface area contributed by atoms with E-state index in [-0.39, 0.29) is 5.91 Å². The zero-order chi connectivity index (χ0) is 16.9. The van der Waals surface area contributed by atoms with Crippen molar-refractivity contribution in [3.05, 3.63) is 30.2 Å². The van der Waals surface area contributed by atoms with Crippen LogP contribution in [0.2, 0.25) is 0 Å². The van der Waals surface area contributed by atoms with Gasteiger partial charge in [-0.1, -0.05) is 17.3 Å². The van der Waals surface area contributed by atoms with E-state index >= 15 is 0 Å². The van der Waals surface area contributed by atoms with Gasteiger partial charge in [0.25, 0.3) is 5.91 Å². The summed E-state index contributed by atoms with van der Waals surface area (Å²) in [5, 5.41) is 9.91. The third kappa shape index (κ3) is 3.72. The van der Waals surface area contributed by atoms with Gasteiger partial charge in [-0.2, -0.15) is 4.98 Å². The van der Waals surface area contributed by atoms with Gasteiger partial charge in [0.05, 0.1) is 13.7 Å². The minimum atomic E-state index is -0.498. The Morgan fingerprint density at radius 2 is 2.38 bits per heavy atom. The summed E-state index contributed by atoms with van der Waals surface area (Å²) in [7, 11) is 1.60. The van der Waals surface area contributed by atoms with Crippen molar-refractivity contribution in [3.63, 3.8) is 0 Å². The Morgan fingerprint density at radius 1 is 1.50 bits per heavy atom. The molecule has 1 saturated heterocycles. The molecule has 3 rings (SSSR count). The third-order valence-corrected chi connectivity index (χ3v) is 3.72. The molecule has 1 aliphatic heterocycles.